The van der Waals surface area contributed by atoms with Gasteiger partial charge >= 0.3 is 0 Å². The molecule has 0 spiro atoms. The SMILES string of the molecule is COc1cccc(-c2nc(C(=O)Nc3nc(-c4ccc5c(c4)OCCO5)cs3)cs2)c1OC. The summed E-state index contributed by atoms with van der Waals surface area (Å²) in [5, 5.41) is 7.56. The van der Waals surface area contributed by atoms with E-state index in [-0.39, 0.29) is 5.91 Å². The Balaban J connectivity index is 1.33. The van der Waals surface area contributed by atoms with Crippen LogP contribution in [0.3, 0.4) is 0 Å². The smallest absolute Gasteiger partial charge is 0.276 e. The predicted octanol–water partition coefficient (Wildman–Crippen LogP) is 4.97. The zero-order valence-electron chi connectivity index (χ0n) is 17.8. The van der Waals surface area contributed by atoms with Crippen LogP contribution in [0.25, 0.3) is 21.8 Å². The Kier molecular flexibility index (Phi) is 5.84. The summed E-state index contributed by atoms with van der Waals surface area (Å²) in [5.41, 5.74) is 2.69. The first kappa shape index (κ1) is 21.2. The van der Waals surface area contributed by atoms with Crippen LogP contribution in [0.1, 0.15) is 10.5 Å². The van der Waals surface area contributed by atoms with Gasteiger partial charge in [0.05, 0.1) is 25.5 Å². The van der Waals surface area contributed by atoms with Gasteiger partial charge in [0.2, 0.25) is 0 Å². The lowest BCUT2D eigenvalue weighted by atomic mass is 10.1. The van der Waals surface area contributed by atoms with Crippen LogP contribution < -0.4 is 24.3 Å². The van der Waals surface area contributed by atoms with Gasteiger partial charge in [-0.2, -0.15) is 0 Å². The first-order valence-corrected chi connectivity index (χ1v) is 11.8. The second-order valence-corrected chi connectivity index (χ2v) is 8.65. The molecule has 0 aliphatic carbocycles. The lowest BCUT2D eigenvalue weighted by Crippen LogP contribution is -2.15. The molecule has 168 valence electrons. The molecule has 1 aliphatic heterocycles. The van der Waals surface area contributed by atoms with Crippen LogP contribution in [0.2, 0.25) is 0 Å². The van der Waals surface area contributed by atoms with E-state index in [0.29, 0.717) is 46.3 Å². The summed E-state index contributed by atoms with van der Waals surface area (Å²) in [6, 6.07) is 11.2. The monoisotopic (exact) mass is 481 g/mol. The van der Waals surface area contributed by atoms with Crippen LogP contribution in [-0.4, -0.2) is 43.3 Å². The third-order valence-electron chi connectivity index (χ3n) is 4.93. The Bertz CT molecular complexity index is 1320. The van der Waals surface area contributed by atoms with Crippen LogP contribution in [0, 0.1) is 0 Å². The fraction of sp³-hybridized carbons (Fsp3) is 0.174. The van der Waals surface area contributed by atoms with E-state index >= 15 is 0 Å². The van der Waals surface area contributed by atoms with E-state index < -0.39 is 0 Å². The minimum Gasteiger partial charge on any atom is -0.493 e. The van der Waals surface area contributed by atoms with Crippen molar-refractivity contribution in [1.29, 1.82) is 0 Å². The number of rotatable bonds is 6. The van der Waals surface area contributed by atoms with Crippen molar-refractivity contribution in [2.24, 2.45) is 0 Å². The molecule has 1 aliphatic rings. The van der Waals surface area contributed by atoms with Gasteiger partial charge in [0.1, 0.15) is 23.9 Å². The molecule has 0 fully saturated rings. The molecule has 3 heterocycles. The number of hydrogen-bond acceptors (Lipinski definition) is 9. The van der Waals surface area contributed by atoms with Crippen molar-refractivity contribution >= 4 is 33.7 Å². The number of benzene rings is 2. The highest BCUT2D eigenvalue weighted by Gasteiger charge is 2.19. The first-order chi connectivity index (χ1) is 16.2. The van der Waals surface area contributed by atoms with Gasteiger partial charge in [0, 0.05) is 16.3 Å². The van der Waals surface area contributed by atoms with E-state index in [1.165, 1.54) is 22.7 Å². The number of carbonyl (C=O) groups is 1. The van der Waals surface area contributed by atoms with Gasteiger partial charge in [0.15, 0.2) is 28.1 Å². The lowest BCUT2D eigenvalue weighted by Gasteiger charge is -2.18. The summed E-state index contributed by atoms with van der Waals surface area (Å²) in [6.07, 6.45) is 0. The van der Waals surface area contributed by atoms with Crippen LogP contribution in [0.15, 0.2) is 47.2 Å². The Morgan fingerprint density at radius 2 is 1.85 bits per heavy atom. The van der Waals surface area contributed by atoms with E-state index in [0.717, 1.165) is 22.6 Å². The highest BCUT2D eigenvalue weighted by atomic mass is 32.1. The van der Waals surface area contributed by atoms with Gasteiger partial charge in [-0.25, -0.2) is 9.97 Å². The molecular weight excluding hydrogens is 462 g/mol. The Morgan fingerprint density at radius 1 is 1.00 bits per heavy atom. The second-order valence-electron chi connectivity index (χ2n) is 6.93. The average molecular weight is 482 g/mol. The van der Waals surface area contributed by atoms with Crippen molar-refractivity contribution < 1.29 is 23.7 Å². The molecular formula is C23H19N3O5S2. The summed E-state index contributed by atoms with van der Waals surface area (Å²) in [6.45, 7) is 1.06. The fourth-order valence-electron chi connectivity index (χ4n) is 3.38. The number of carbonyl (C=O) groups excluding carboxylic acids is 1. The lowest BCUT2D eigenvalue weighted by molar-refractivity contribution is 0.102. The van der Waals surface area contributed by atoms with Crippen molar-refractivity contribution in [2.45, 2.75) is 0 Å². The van der Waals surface area contributed by atoms with E-state index in [1.54, 1.807) is 19.6 Å². The maximum absolute atomic E-state index is 12.8. The highest BCUT2D eigenvalue weighted by Crippen LogP contribution is 2.39. The van der Waals surface area contributed by atoms with Crippen LogP contribution in [0.4, 0.5) is 5.13 Å². The van der Waals surface area contributed by atoms with E-state index in [9.17, 15) is 4.79 Å². The van der Waals surface area contributed by atoms with Crippen molar-refractivity contribution in [3.8, 4) is 44.8 Å². The van der Waals surface area contributed by atoms with Crippen molar-refractivity contribution in [2.75, 3.05) is 32.8 Å². The number of hydrogen-bond donors (Lipinski definition) is 1. The number of thiazole rings is 2. The number of methoxy groups -OCH3 is 2. The molecule has 2 aromatic heterocycles. The molecule has 1 N–H and O–H groups in total. The average Bonchev–Trinajstić information content (AvgIpc) is 3.53. The molecule has 8 nitrogen and oxygen atoms in total. The predicted molar refractivity (Wildman–Crippen MR) is 127 cm³/mol. The number of ether oxygens (including phenoxy) is 4. The number of aromatic nitrogens is 2. The fourth-order valence-corrected chi connectivity index (χ4v) is 4.92. The van der Waals surface area contributed by atoms with Gasteiger partial charge in [0.25, 0.3) is 5.91 Å². The highest BCUT2D eigenvalue weighted by molar-refractivity contribution is 7.14. The second kappa shape index (κ2) is 9.08. The van der Waals surface area contributed by atoms with Crippen LogP contribution in [0.5, 0.6) is 23.0 Å². The van der Waals surface area contributed by atoms with Crippen LogP contribution >= 0.6 is 22.7 Å². The van der Waals surface area contributed by atoms with E-state index in [2.05, 4.69) is 15.3 Å². The summed E-state index contributed by atoms with van der Waals surface area (Å²) < 4.78 is 22.0. The number of nitrogens with one attached hydrogen (secondary N) is 1. The van der Waals surface area contributed by atoms with Gasteiger partial charge < -0.3 is 18.9 Å². The largest absolute Gasteiger partial charge is 0.493 e. The molecule has 0 saturated carbocycles. The molecule has 2 aromatic carbocycles. The number of fused-ring (bicyclic) bond motifs is 1. The third-order valence-corrected chi connectivity index (χ3v) is 6.57. The molecule has 0 saturated heterocycles. The Labute approximate surface area is 197 Å². The van der Waals surface area contributed by atoms with Gasteiger partial charge in [-0.3, -0.25) is 10.1 Å². The topological polar surface area (TPSA) is 91.8 Å². The van der Waals surface area contributed by atoms with Gasteiger partial charge in [-0.1, -0.05) is 6.07 Å². The van der Waals surface area contributed by atoms with Crippen molar-refractivity contribution in [3.05, 3.63) is 52.9 Å². The quantitative estimate of drug-likeness (QED) is 0.415. The molecule has 5 rings (SSSR count). The summed E-state index contributed by atoms with van der Waals surface area (Å²) in [7, 11) is 3.15. The Hall–Kier alpha value is -3.63. The van der Waals surface area contributed by atoms with E-state index in [4.69, 9.17) is 18.9 Å². The molecule has 0 radical (unpaired) electrons. The number of para-hydroxylation sites is 1. The van der Waals surface area contributed by atoms with Gasteiger partial charge in [-0.15, -0.1) is 22.7 Å². The Morgan fingerprint density at radius 3 is 2.67 bits per heavy atom. The number of amides is 1. The van der Waals surface area contributed by atoms with Crippen molar-refractivity contribution in [1.82, 2.24) is 9.97 Å². The maximum Gasteiger partial charge on any atom is 0.276 e. The molecule has 1 amide bonds. The van der Waals surface area contributed by atoms with Gasteiger partial charge in [-0.05, 0) is 30.3 Å². The summed E-state index contributed by atoms with van der Waals surface area (Å²) >= 11 is 2.70. The third kappa shape index (κ3) is 4.22. The molecule has 0 unspecified atom stereocenters. The first-order valence-electron chi connectivity index (χ1n) is 10.00. The maximum atomic E-state index is 12.8. The van der Waals surface area contributed by atoms with E-state index in [1.807, 2.05) is 41.8 Å². The molecule has 4 aromatic rings. The zero-order chi connectivity index (χ0) is 22.8. The minimum absolute atomic E-state index is 0.302. The molecule has 0 atom stereocenters. The van der Waals surface area contributed by atoms with Crippen molar-refractivity contribution in [3.63, 3.8) is 0 Å². The minimum atomic E-state index is -0.331. The molecule has 33 heavy (non-hydrogen) atoms. The molecule has 0 bridgehead atoms. The van der Waals surface area contributed by atoms with Crippen LogP contribution in [-0.2, 0) is 0 Å². The normalized spacial score (nSPS) is 12.3. The zero-order valence-corrected chi connectivity index (χ0v) is 19.4. The number of anilines is 1. The standard InChI is InChI=1S/C23H19N3O5S2/c1-28-18-5-3-4-14(20(18)29-2)22-24-16(12-32-22)21(27)26-23-25-15(11-33-23)13-6-7-17-19(10-13)31-9-8-30-17/h3-7,10-12H,8-9H2,1-2H3,(H,25,26,27). The molecule has 10 heteroatoms. The summed E-state index contributed by atoms with van der Waals surface area (Å²) in [4.78, 5) is 21.8. The number of nitrogens with zero attached hydrogens (tertiary/aromatic N) is 2. The summed E-state index contributed by atoms with van der Waals surface area (Å²) in [5.74, 6) is 2.26.